The van der Waals surface area contributed by atoms with Gasteiger partial charge >= 0.3 is 0 Å². The van der Waals surface area contributed by atoms with Crippen LogP contribution in [0.15, 0.2) is 24.3 Å². The summed E-state index contributed by atoms with van der Waals surface area (Å²) in [6, 6.07) is 10.9. The molecule has 1 nitrogen and oxygen atoms in total. The lowest BCUT2D eigenvalue weighted by atomic mass is 9.77. The van der Waals surface area contributed by atoms with Crippen molar-refractivity contribution < 1.29 is 0 Å². The maximum atomic E-state index is 8.94. The van der Waals surface area contributed by atoms with Crippen molar-refractivity contribution in [2.75, 3.05) is 0 Å². The summed E-state index contributed by atoms with van der Waals surface area (Å²) in [6.45, 7) is 2.16. The maximum absolute atomic E-state index is 8.94. The Bertz CT molecular complexity index is 348. The van der Waals surface area contributed by atoms with Crippen LogP contribution in [0.5, 0.6) is 0 Å². The molecule has 0 bridgehead atoms. The molecule has 13 heavy (non-hydrogen) atoms. The Balaban J connectivity index is 2.40. The molecule has 0 radical (unpaired) electrons. The lowest BCUT2D eigenvalue weighted by molar-refractivity contribution is 0.481. The summed E-state index contributed by atoms with van der Waals surface area (Å²) in [7, 11) is 0. The Kier molecular flexibility index (Phi) is 2.06. The largest absolute Gasteiger partial charge is 0.198 e. The van der Waals surface area contributed by atoms with Crippen LogP contribution < -0.4 is 0 Å². The zero-order valence-corrected chi connectivity index (χ0v) is 7.83. The number of hydrogen-bond acceptors (Lipinski definition) is 1. The molecule has 66 valence electrons. The molecule has 1 aliphatic rings. The van der Waals surface area contributed by atoms with E-state index in [2.05, 4.69) is 37.3 Å². The average molecular weight is 171 g/mol. The third-order valence-corrected chi connectivity index (χ3v) is 3.04. The van der Waals surface area contributed by atoms with Gasteiger partial charge in [0.05, 0.1) is 12.0 Å². The smallest absolute Gasteiger partial charge is 0.0662 e. The standard InChI is InChI=1S/C12H13N/c1-9-11(8-13)7-6-10-4-2-3-5-12(9)10/h2-5,9,11H,6-7H2,1H3/t9-,11-/m0/s1. The lowest BCUT2D eigenvalue weighted by Gasteiger charge is -2.26. The molecule has 0 saturated carbocycles. The van der Waals surface area contributed by atoms with Crippen LogP contribution in [0.3, 0.4) is 0 Å². The van der Waals surface area contributed by atoms with Crippen molar-refractivity contribution in [3.63, 3.8) is 0 Å². The monoisotopic (exact) mass is 171 g/mol. The van der Waals surface area contributed by atoms with Gasteiger partial charge in [-0.3, -0.25) is 0 Å². The third-order valence-electron chi connectivity index (χ3n) is 3.04. The van der Waals surface area contributed by atoms with Gasteiger partial charge in [0, 0.05) is 0 Å². The highest BCUT2D eigenvalue weighted by atomic mass is 14.3. The maximum Gasteiger partial charge on any atom is 0.0662 e. The fourth-order valence-corrected chi connectivity index (χ4v) is 2.16. The molecule has 2 rings (SSSR count). The van der Waals surface area contributed by atoms with Crippen molar-refractivity contribution in [3.8, 4) is 6.07 Å². The van der Waals surface area contributed by atoms with Gasteiger partial charge < -0.3 is 0 Å². The summed E-state index contributed by atoms with van der Waals surface area (Å²) in [6.07, 6.45) is 2.09. The summed E-state index contributed by atoms with van der Waals surface area (Å²) in [5.74, 6) is 0.629. The van der Waals surface area contributed by atoms with E-state index in [0.717, 1.165) is 12.8 Å². The van der Waals surface area contributed by atoms with Crippen molar-refractivity contribution >= 4 is 0 Å². The molecule has 0 unspecified atom stereocenters. The fraction of sp³-hybridized carbons (Fsp3) is 0.417. The van der Waals surface area contributed by atoms with Crippen molar-refractivity contribution in [2.45, 2.75) is 25.7 Å². The molecule has 1 heteroatoms. The number of nitriles is 1. The molecule has 0 spiro atoms. The van der Waals surface area contributed by atoms with Crippen LogP contribution in [0.25, 0.3) is 0 Å². The molecule has 0 aromatic heterocycles. The first kappa shape index (κ1) is 8.31. The van der Waals surface area contributed by atoms with Gasteiger partial charge in [0.2, 0.25) is 0 Å². The Morgan fingerprint density at radius 1 is 1.38 bits per heavy atom. The van der Waals surface area contributed by atoms with Crippen LogP contribution >= 0.6 is 0 Å². The minimum atomic E-state index is 0.217. The van der Waals surface area contributed by atoms with Crippen LogP contribution in [0, 0.1) is 17.2 Å². The van der Waals surface area contributed by atoms with E-state index in [1.54, 1.807) is 0 Å². The van der Waals surface area contributed by atoms with Crippen molar-refractivity contribution in [1.29, 1.82) is 5.26 Å². The van der Waals surface area contributed by atoms with Gasteiger partial charge in [-0.05, 0) is 29.9 Å². The molecule has 0 amide bonds. The van der Waals surface area contributed by atoms with E-state index in [1.165, 1.54) is 11.1 Å². The van der Waals surface area contributed by atoms with Crippen LogP contribution in [-0.2, 0) is 6.42 Å². The molecule has 1 aromatic rings. The van der Waals surface area contributed by atoms with Gasteiger partial charge in [-0.15, -0.1) is 0 Å². The highest BCUT2D eigenvalue weighted by molar-refractivity contribution is 5.34. The predicted octanol–water partition coefficient (Wildman–Crippen LogP) is 2.88. The number of aryl methyl sites for hydroxylation is 1. The van der Waals surface area contributed by atoms with Gasteiger partial charge in [0.15, 0.2) is 0 Å². The zero-order chi connectivity index (χ0) is 9.26. The molecular formula is C12H13N. The normalized spacial score (nSPS) is 26.2. The number of nitrogens with zero attached hydrogens (tertiary/aromatic N) is 1. The summed E-state index contributed by atoms with van der Waals surface area (Å²) in [4.78, 5) is 0. The van der Waals surface area contributed by atoms with Crippen LogP contribution in [0.4, 0.5) is 0 Å². The Labute approximate surface area is 79.0 Å². The molecule has 0 heterocycles. The Morgan fingerprint density at radius 2 is 2.15 bits per heavy atom. The molecule has 1 aliphatic carbocycles. The van der Waals surface area contributed by atoms with Crippen LogP contribution in [0.2, 0.25) is 0 Å². The number of hydrogen-bond donors (Lipinski definition) is 0. The van der Waals surface area contributed by atoms with Gasteiger partial charge in [-0.1, -0.05) is 31.2 Å². The molecule has 0 saturated heterocycles. The topological polar surface area (TPSA) is 23.8 Å². The SMILES string of the molecule is C[C@@H]1c2ccccc2CC[C@H]1C#N. The predicted molar refractivity (Wildman–Crippen MR) is 52.3 cm³/mol. The molecule has 0 fully saturated rings. The van der Waals surface area contributed by atoms with Crippen LogP contribution in [0.1, 0.15) is 30.4 Å². The van der Waals surface area contributed by atoms with Crippen LogP contribution in [-0.4, -0.2) is 0 Å². The van der Waals surface area contributed by atoms with Gasteiger partial charge in [0.25, 0.3) is 0 Å². The summed E-state index contributed by atoms with van der Waals surface area (Å²) >= 11 is 0. The average Bonchev–Trinajstić information content (AvgIpc) is 2.19. The molecule has 0 N–H and O–H groups in total. The molecule has 1 aromatic carbocycles. The number of rotatable bonds is 0. The lowest BCUT2D eigenvalue weighted by Crippen LogP contribution is -2.16. The second kappa shape index (κ2) is 3.22. The van der Waals surface area contributed by atoms with Gasteiger partial charge in [-0.2, -0.15) is 5.26 Å². The summed E-state index contributed by atoms with van der Waals surface area (Å²) < 4.78 is 0. The number of fused-ring (bicyclic) bond motifs is 1. The zero-order valence-electron chi connectivity index (χ0n) is 7.83. The van der Waals surface area contributed by atoms with Gasteiger partial charge in [-0.25, -0.2) is 0 Å². The number of benzene rings is 1. The van der Waals surface area contributed by atoms with Crippen molar-refractivity contribution in [3.05, 3.63) is 35.4 Å². The van der Waals surface area contributed by atoms with E-state index in [0.29, 0.717) is 5.92 Å². The van der Waals surface area contributed by atoms with Crippen molar-refractivity contribution in [1.82, 2.24) is 0 Å². The first-order chi connectivity index (χ1) is 6.33. The minimum Gasteiger partial charge on any atom is -0.198 e. The molecule has 0 aliphatic heterocycles. The van der Waals surface area contributed by atoms with E-state index >= 15 is 0 Å². The highest BCUT2D eigenvalue weighted by Crippen LogP contribution is 2.34. The second-order valence-corrected chi connectivity index (χ2v) is 3.76. The fourth-order valence-electron chi connectivity index (χ4n) is 2.16. The quantitative estimate of drug-likeness (QED) is 0.588. The summed E-state index contributed by atoms with van der Waals surface area (Å²) in [5, 5.41) is 8.94. The first-order valence-corrected chi connectivity index (χ1v) is 4.80. The summed E-state index contributed by atoms with van der Waals surface area (Å²) in [5.41, 5.74) is 2.81. The first-order valence-electron chi connectivity index (χ1n) is 4.80. The van der Waals surface area contributed by atoms with E-state index in [4.69, 9.17) is 5.26 Å². The highest BCUT2D eigenvalue weighted by Gasteiger charge is 2.25. The Morgan fingerprint density at radius 3 is 2.92 bits per heavy atom. The van der Waals surface area contributed by atoms with E-state index in [-0.39, 0.29) is 5.92 Å². The van der Waals surface area contributed by atoms with E-state index in [9.17, 15) is 0 Å². The van der Waals surface area contributed by atoms with E-state index < -0.39 is 0 Å². The molecular weight excluding hydrogens is 158 g/mol. The second-order valence-electron chi connectivity index (χ2n) is 3.76. The minimum absolute atomic E-state index is 0.217. The third kappa shape index (κ3) is 1.33. The van der Waals surface area contributed by atoms with Crippen molar-refractivity contribution in [2.24, 2.45) is 5.92 Å². The van der Waals surface area contributed by atoms with E-state index in [1.807, 2.05) is 0 Å². The van der Waals surface area contributed by atoms with Gasteiger partial charge in [0.1, 0.15) is 0 Å². The Hall–Kier alpha value is -1.29. The molecule has 2 atom stereocenters.